The van der Waals surface area contributed by atoms with Gasteiger partial charge in [-0.15, -0.1) is 0 Å². The Morgan fingerprint density at radius 3 is 1.91 bits per heavy atom. The third-order valence-corrected chi connectivity index (χ3v) is 4.87. The minimum absolute atomic E-state index is 0.0810. The van der Waals surface area contributed by atoms with Crippen LogP contribution < -0.4 is 0 Å². The number of halogens is 2. The molecule has 1 N–H and O–H groups in total. The third-order valence-electron chi connectivity index (χ3n) is 4.18. The molecule has 0 amide bonds. The van der Waals surface area contributed by atoms with Gasteiger partial charge in [0.15, 0.2) is 0 Å². The van der Waals surface area contributed by atoms with Gasteiger partial charge >= 0.3 is 0 Å². The lowest BCUT2D eigenvalue weighted by Crippen LogP contribution is -2.27. The zero-order chi connectivity index (χ0) is 15.9. The van der Waals surface area contributed by atoms with Crippen LogP contribution in [-0.2, 0) is 0 Å². The Bertz CT molecular complexity index is 717. The molecule has 3 rings (SSSR count). The number of rotatable bonds is 2. The molecule has 1 aliphatic rings. The van der Waals surface area contributed by atoms with E-state index in [-0.39, 0.29) is 12.2 Å². The molecule has 2 aromatic rings. The Kier molecular flexibility index (Phi) is 4.13. The molecule has 22 heavy (non-hydrogen) atoms. The first-order chi connectivity index (χ1) is 10.5. The summed E-state index contributed by atoms with van der Waals surface area (Å²) < 4.78 is 0. The van der Waals surface area contributed by atoms with Gasteiger partial charge in [-0.3, -0.25) is 10.3 Å². The van der Waals surface area contributed by atoms with Crippen LogP contribution in [0.25, 0.3) is 0 Å². The summed E-state index contributed by atoms with van der Waals surface area (Å²) in [5, 5.41) is 9.89. The maximum Gasteiger partial charge on any atom is 0.120 e. The fourth-order valence-electron chi connectivity index (χ4n) is 3.11. The predicted octanol–water partition coefficient (Wildman–Crippen LogP) is 4.59. The quantitative estimate of drug-likeness (QED) is 0.871. The van der Waals surface area contributed by atoms with Crippen molar-refractivity contribution in [1.29, 1.82) is 5.41 Å². The van der Waals surface area contributed by atoms with Gasteiger partial charge in [0.2, 0.25) is 0 Å². The Hall–Kier alpha value is -1.55. The van der Waals surface area contributed by atoms with Gasteiger partial charge in [-0.2, -0.15) is 0 Å². The Balaban J connectivity index is 2.05. The van der Waals surface area contributed by atoms with E-state index in [4.69, 9.17) is 28.6 Å². The van der Waals surface area contributed by atoms with E-state index in [2.05, 4.69) is 4.90 Å². The lowest BCUT2D eigenvalue weighted by molar-refractivity contribution is 0.177. The largest absolute Gasteiger partial charge is 0.342 e. The first-order valence-electron chi connectivity index (χ1n) is 7.04. The molecular formula is C17H17Cl2N3. The zero-order valence-corrected chi connectivity index (χ0v) is 13.9. The molecule has 1 aliphatic heterocycles. The summed E-state index contributed by atoms with van der Waals surface area (Å²) in [4.78, 5) is 4.07. The van der Waals surface area contributed by atoms with Crippen molar-refractivity contribution in [1.82, 2.24) is 9.80 Å². The Morgan fingerprint density at radius 2 is 1.36 bits per heavy atom. The van der Waals surface area contributed by atoms with Crippen LogP contribution in [0.3, 0.4) is 0 Å². The summed E-state index contributed by atoms with van der Waals surface area (Å²) in [5.74, 6) is 0.514. The molecular weight excluding hydrogens is 317 g/mol. The molecule has 2 aromatic carbocycles. The van der Waals surface area contributed by atoms with Gasteiger partial charge in [-0.05, 0) is 24.7 Å². The first-order valence-corrected chi connectivity index (χ1v) is 7.80. The molecule has 2 atom stereocenters. The van der Waals surface area contributed by atoms with Crippen molar-refractivity contribution in [2.45, 2.75) is 12.2 Å². The highest BCUT2D eigenvalue weighted by Gasteiger charge is 2.42. The van der Waals surface area contributed by atoms with Crippen LogP contribution in [0.1, 0.15) is 23.3 Å². The minimum atomic E-state index is -0.181. The van der Waals surface area contributed by atoms with E-state index < -0.39 is 0 Å². The number of benzene rings is 2. The number of hydrogen-bond acceptors (Lipinski definition) is 2. The van der Waals surface area contributed by atoms with Gasteiger partial charge in [0.05, 0.1) is 6.04 Å². The molecule has 1 saturated heterocycles. The molecule has 0 aromatic heterocycles. The van der Waals surface area contributed by atoms with Crippen LogP contribution >= 0.6 is 23.2 Å². The summed E-state index contributed by atoms with van der Waals surface area (Å²) in [5.41, 5.74) is 1.94. The summed E-state index contributed by atoms with van der Waals surface area (Å²) >= 11 is 12.7. The normalized spacial score (nSPS) is 22.4. The monoisotopic (exact) mass is 333 g/mol. The molecule has 0 aliphatic carbocycles. The summed E-state index contributed by atoms with van der Waals surface area (Å²) in [6.07, 6.45) is -0.0810. The maximum atomic E-state index is 8.51. The van der Waals surface area contributed by atoms with Crippen molar-refractivity contribution in [2.75, 3.05) is 14.1 Å². The zero-order valence-electron chi connectivity index (χ0n) is 12.4. The molecule has 0 bridgehead atoms. The lowest BCUT2D eigenvalue weighted by atomic mass is 10.1. The van der Waals surface area contributed by atoms with Crippen molar-refractivity contribution in [3.63, 3.8) is 0 Å². The van der Waals surface area contributed by atoms with Crippen molar-refractivity contribution >= 4 is 29.0 Å². The second-order valence-corrected chi connectivity index (χ2v) is 6.30. The molecule has 0 spiro atoms. The van der Waals surface area contributed by atoms with Crippen molar-refractivity contribution < 1.29 is 0 Å². The third kappa shape index (κ3) is 2.39. The first kappa shape index (κ1) is 15.3. The van der Waals surface area contributed by atoms with Gasteiger partial charge in [-0.25, -0.2) is 0 Å². The molecule has 1 fully saturated rings. The number of nitrogens with one attached hydrogen (secondary N) is 1. The van der Waals surface area contributed by atoms with Gasteiger partial charge in [-0.1, -0.05) is 59.6 Å². The van der Waals surface area contributed by atoms with E-state index in [0.29, 0.717) is 15.9 Å². The van der Waals surface area contributed by atoms with Gasteiger partial charge in [0.1, 0.15) is 12.0 Å². The highest BCUT2D eigenvalue weighted by Crippen LogP contribution is 2.43. The van der Waals surface area contributed by atoms with E-state index in [0.717, 1.165) is 11.1 Å². The van der Waals surface area contributed by atoms with Gasteiger partial charge in [0, 0.05) is 22.7 Å². The molecule has 0 saturated carbocycles. The minimum Gasteiger partial charge on any atom is -0.342 e. The van der Waals surface area contributed by atoms with E-state index in [1.165, 1.54) is 0 Å². The fraction of sp³-hybridized carbons (Fsp3) is 0.235. The van der Waals surface area contributed by atoms with E-state index in [1.807, 2.05) is 67.5 Å². The number of likely N-dealkylation sites (N-methyl/N-ethyl adjacent to an activating group) is 2. The van der Waals surface area contributed by atoms with Gasteiger partial charge < -0.3 is 4.90 Å². The highest BCUT2D eigenvalue weighted by atomic mass is 35.5. The summed E-state index contributed by atoms with van der Waals surface area (Å²) in [6.45, 7) is 0. The summed E-state index contributed by atoms with van der Waals surface area (Å²) in [6, 6.07) is 15.3. The van der Waals surface area contributed by atoms with E-state index in [1.54, 1.807) is 0 Å². The van der Waals surface area contributed by atoms with Crippen LogP contribution in [0.5, 0.6) is 0 Å². The molecule has 5 heteroatoms. The van der Waals surface area contributed by atoms with Crippen molar-refractivity contribution in [3.05, 3.63) is 69.7 Å². The summed E-state index contributed by atoms with van der Waals surface area (Å²) in [7, 11) is 3.92. The SMILES string of the molecule is CN1C(=N)C(c2ccccc2Cl)N(C)C1c1ccccc1Cl. The number of hydrogen-bond donors (Lipinski definition) is 1. The van der Waals surface area contributed by atoms with Crippen molar-refractivity contribution in [2.24, 2.45) is 0 Å². The van der Waals surface area contributed by atoms with Gasteiger partial charge in [0.25, 0.3) is 0 Å². The highest BCUT2D eigenvalue weighted by molar-refractivity contribution is 6.32. The van der Waals surface area contributed by atoms with Crippen molar-refractivity contribution in [3.8, 4) is 0 Å². The Labute approximate surface area is 140 Å². The molecule has 1 heterocycles. The smallest absolute Gasteiger partial charge is 0.120 e. The van der Waals surface area contributed by atoms with Crippen LogP contribution in [0.15, 0.2) is 48.5 Å². The molecule has 114 valence electrons. The molecule has 2 unspecified atom stereocenters. The fourth-order valence-corrected chi connectivity index (χ4v) is 3.58. The Morgan fingerprint density at radius 1 is 0.864 bits per heavy atom. The average Bonchev–Trinajstić information content (AvgIpc) is 2.72. The number of amidine groups is 1. The van der Waals surface area contributed by atoms with Crippen LogP contribution in [0.4, 0.5) is 0 Å². The van der Waals surface area contributed by atoms with Crippen LogP contribution in [0.2, 0.25) is 10.0 Å². The second kappa shape index (κ2) is 5.92. The number of nitrogens with zero attached hydrogens (tertiary/aromatic N) is 2. The topological polar surface area (TPSA) is 30.3 Å². The van der Waals surface area contributed by atoms with Crippen LogP contribution in [-0.4, -0.2) is 29.7 Å². The average molecular weight is 334 g/mol. The van der Waals surface area contributed by atoms with Crippen LogP contribution in [0, 0.1) is 5.41 Å². The standard InChI is InChI=1S/C17H17Cl2N3/c1-21-15(11-7-3-5-9-13(11)18)16(20)22(2)17(21)12-8-4-6-10-14(12)19/h3-10,15,17,20H,1-2H3. The second-order valence-electron chi connectivity index (χ2n) is 5.48. The molecule has 3 nitrogen and oxygen atoms in total. The van der Waals surface area contributed by atoms with E-state index >= 15 is 0 Å². The van der Waals surface area contributed by atoms with E-state index in [9.17, 15) is 0 Å². The molecule has 0 radical (unpaired) electrons. The maximum absolute atomic E-state index is 8.51. The lowest BCUT2D eigenvalue weighted by Gasteiger charge is -2.28. The predicted molar refractivity (Wildman–Crippen MR) is 91.6 cm³/mol.